The molecule has 0 saturated heterocycles. The van der Waals surface area contributed by atoms with E-state index in [1.54, 1.807) is 18.2 Å². The van der Waals surface area contributed by atoms with Crippen molar-refractivity contribution in [3.8, 4) is 0 Å². The molecule has 2 nitrogen and oxygen atoms in total. The standard InChI is InChI=1S/C15H13FO2S/c1-11-5-2-3-8-14(11)15(17)10-19(18)13-7-4-6-12(16)9-13/h2-9H,10H2,1H3. The van der Waals surface area contributed by atoms with Crippen LogP contribution in [0.5, 0.6) is 0 Å². The summed E-state index contributed by atoms with van der Waals surface area (Å²) in [5.74, 6) is -0.774. The smallest absolute Gasteiger partial charge is 0.175 e. The van der Waals surface area contributed by atoms with Crippen molar-refractivity contribution in [3.05, 3.63) is 65.5 Å². The molecule has 0 bridgehead atoms. The summed E-state index contributed by atoms with van der Waals surface area (Å²) in [6, 6.07) is 12.7. The van der Waals surface area contributed by atoms with E-state index in [0.29, 0.717) is 10.5 Å². The first kappa shape index (κ1) is 13.6. The monoisotopic (exact) mass is 276 g/mol. The fourth-order valence-electron chi connectivity index (χ4n) is 1.77. The molecule has 4 heteroatoms. The zero-order valence-electron chi connectivity index (χ0n) is 10.4. The summed E-state index contributed by atoms with van der Waals surface area (Å²) in [5.41, 5.74) is 1.41. The minimum atomic E-state index is -1.52. The maximum atomic E-state index is 13.0. The lowest BCUT2D eigenvalue weighted by atomic mass is 10.1. The summed E-state index contributed by atoms with van der Waals surface area (Å²) in [6.45, 7) is 1.83. The maximum Gasteiger partial charge on any atom is 0.175 e. The Balaban J connectivity index is 2.16. The lowest BCUT2D eigenvalue weighted by molar-refractivity contribution is 0.102. The van der Waals surface area contributed by atoms with E-state index in [4.69, 9.17) is 0 Å². The Bertz CT molecular complexity index is 638. The third kappa shape index (κ3) is 3.35. The summed E-state index contributed by atoms with van der Waals surface area (Å²) < 4.78 is 25.0. The zero-order valence-corrected chi connectivity index (χ0v) is 11.2. The number of aryl methyl sites for hydroxylation is 1. The molecule has 0 aromatic heterocycles. The van der Waals surface area contributed by atoms with Gasteiger partial charge in [-0.15, -0.1) is 0 Å². The normalized spacial score (nSPS) is 12.1. The van der Waals surface area contributed by atoms with Crippen LogP contribution < -0.4 is 0 Å². The molecule has 0 saturated carbocycles. The minimum absolute atomic E-state index is 0.131. The first-order chi connectivity index (χ1) is 9.08. The number of rotatable bonds is 4. The maximum absolute atomic E-state index is 13.0. The molecule has 0 spiro atoms. The molecule has 98 valence electrons. The predicted molar refractivity (Wildman–Crippen MR) is 73.2 cm³/mol. The van der Waals surface area contributed by atoms with E-state index in [2.05, 4.69) is 0 Å². The highest BCUT2D eigenvalue weighted by Gasteiger charge is 2.14. The Morgan fingerprint density at radius 3 is 2.58 bits per heavy atom. The van der Waals surface area contributed by atoms with Crippen molar-refractivity contribution in [2.24, 2.45) is 0 Å². The Kier molecular flexibility index (Phi) is 4.22. The number of benzene rings is 2. The lowest BCUT2D eigenvalue weighted by Gasteiger charge is -2.05. The molecular weight excluding hydrogens is 263 g/mol. The molecule has 0 radical (unpaired) electrons. The molecule has 1 atom stereocenters. The minimum Gasteiger partial charge on any atom is -0.293 e. The first-order valence-corrected chi connectivity index (χ1v) is 7.12. The summed E-state index contributed by atoms with van der Waals surface area (Å²) in [4.78, 5) is 12.4. The Hall–Kier alpha value is -1.81. The van der Waals surface area contributed by atoms with E-state index in [-0.39, 0.29) is 11.5 Å². The molecule has 0 N–H and O–H groups in total. The lowest BCUT2D eigenvalue weighted by Crippen LogP contribution is -2.12. The van der Waals surface area contributed by atoms with Gasteiger partial charge in [0.1, 0.15) is 5.82 Å². The Morgan fingerprint density at radius 1 is 1.16 bits per heavy atom. The predicted octanol–water partition coefficient (Wildman–Crippen LogP) is 3.12. The molecule has 2 aromatic carbocycles. The summed E-state index contributed by atoms with van der Waals surface area (Å²) in [7, 11) is -1.52. The molecule has 0 aliphatic rings. The van der Waals surface area contributed by atoms with E-state index in [1.165, 1.54) is 18.2 Å². The van der Waals surface area contributed by atoms with Crippen molar-refractivity contribution in [3.63, 3.8) is 0 Å². The van der Waals surface area contributed by atoms with Crippen LogP contribution in [0.1, 0.15) is 15.9 Å². The topological polar surface area (TPSA) is 34.1 Å². The van der Waals surface area contributed by atoms with Crippen molar-refractivity contribution in [1.29, 1.82) is 0 Å². The van der Waals surface area contributed by atoms with Gasteiger partial charge in [0.2, 0.25) is 0 Å². The van der Waals surface area contributed by atoms with Crippen molar-refractivity contribution in [2.75, 3.05) is 5.75 Å². The van der Waals surface area contributed by atoms with Crippen LogP contribution in [0, 0.1) is 12.7 Å². The SMILES string of the molecule is Cc1ccccc1C(=O)CS(=O)c1cccc(F)c1. The van der Waals surface area contributed by atoms with Crippen LogP contribution in [0.25, 0.3) is 0 Å². The van der Waals surface area contributed by atoms with Gasteiger partial charge in [-0.2, -0.15) is 0 Å². The van der Waals surface area contributed by atoms with Gasteiger partial charge < -0.3 is 0 Å². The fraction of sp³-hybridized carbons (Fsp3) is 0.133. The van der Waals surface area contributed by atoms with Crippen LogP contribution in [0.4, 0.5) is 4.39 Å². The van der Waals surface area contributed by atoms with Crippen molar-refractivity contribution in [1.82, 2.24) is 0 Å². The van der Waals surface area contributed by atoms with Gasteiger partial charge in [-0.1, -0.05) is 30.3 Å². The highest BCUT2D eigenvalue weighted by Crippen LogP contribution is 2.13. The quantitative estimate of drug-likeness (QED) is 0.804. The third-order valence-corrected chi connectivity index (χ3v) is 4.07. The van der Waals surface area contributed by atoms with E-state index in [1.807, 2.05) is 19.1 Å². The van der Waals surface area contributed by atoms with Crippen LogP contribution in [0.3, 0.4) is 0 Å². The first-order valence-electron chi connectivity index (χ1n) is 5.80. The van der Waals surface area contributed by atoms with Gasteiger partial charge in [-0.05, 0) is 30.7 Å². The van der Waals surface area contributed by atoms with Crippen molar-refractivity contribution >= 4 is 16.6 Å². The second kappa shape index (κ2) is 5.89. The van der Waals surface area contributed by atoms with Gasteiger partial charge in [0, 0.05) is 10.5 Å². The van der Waals surface area contributed by atoms with Crippen LogP contribution >= 0.6 is 0 Å². The molecule has 2 rings (SSSR count). The second-order valence-electron chi connectivity index (χ2n) is 4.19. The van der Waals surface area contributed by atoms with Crippen molar-refractivity contribution in [2.45, 2.75) is 11.8 Å². The molecule has 0 aliphatic heterocycles. The third-order valence-electron chi connectivity index (χ3n) is 2.77. The molecule has 2 aromatic rings. The summed E-state index contributed by atoms with van der Waals surface area (Å²) in [6.07, 6.45) is 0. The van der Waals surface area contributed by atoms with Gasteiger partial charge in [0.15, 0.2) is 5.78 Å². The average molecular weight is 276 g/mol. The van der Waals surface area contributed by atoms with E-state index < -0.39 is 16.6 Å². The molecule has 0 heterocycles. The van der Waals surface area contributed by atoms with Crippen LogP contribution in [-0.4, -0.2) is 15.7 Å². The summed E-state index contributed by atoms with van der Waals surface area (Å²) >= 11 is 0. The van der Waals surface area contributed by atoms with Crippen LogP contribution in [-0.2, 0) is 10.8 Å². The molecule has 0 aliphatic carbocycles. The highest BCUT2D eigenvalue weighted by atomic mass is 32.2. The van der Waals surface area contributed by atoms with E-state index in [0.717, 1.165) is 5.56 Å². The zero-order chi connectivity index (χ0) is 13.8. The fourth-order valence-corrected chi connectivity index (χ4v) is 2.81. The number of halogens is 1. The van der Waals surface area contributed by atoms with Gasteiger partial charge in [0.05, 0.1) is 16.6 Å². The largest absolute Gasteiger partial charge is 0.293 e. The van der Waals surface area contributed by atoms with Crippen molar-refractivity contribution < 1.29 is 13.4 Å². The number of hydrogen-bond donors (Lipinski definition) is 0. The van der Waals surface area contributed by atoms with Gasteiger partial charge in [0.25, 0.3) is 0 Å². The van der Waals surface area contributed by atoms with Crippen LogP contribution in [0.2, 0.25) is 0 Å². The summed E-state index contributed by atoms with van der Waals surface area (Å²) in [5, 5.41) is 0. The number of hydrogen-bond acceptors (Lipinski definition) is 2. The molecular formula is C15H13FO2S. The average Bonchev–Trinajstić information content (AvgIpc) is 2.39. The van der Waals surface area contributed by atoms with E-state index in [9.17, 15) is 13.4 Å². The van der Waals surface area contributed by atoms with Gasteiger partial charge in [-0.3, -0.25) is 9.00 Å². The number of carbonyl (C=O) groups is 1. The number of Topliss-reactive ketones (excluding diaryl/α,β-unsaturated/α-hetero) is 1. The second-order valence-corrected chi connectivity index (χ2v) is 5.64. The number of ketones is 1. The Morgan fingerprint density at radius 2 is 1.89 bits per heavy atom. The highest BCUT2D eigenvalue weighted by molar-refractivity contribution is 7.85. The van der Waals surface area contributed by atoms with E-state index >= 15 is 0 Å². The van der Waals surface area contributed by atoms with Gasteiger partial charge >= 0.3 is 0 Å². The van der Waals surface area contributed by atoms with Gasteiger partial charge in [-0.25, -0.2) is 4.39 Å². The molecule has 0 amide bonds. The molecule has 1 unspecified atom stereocenters. The van der Waals surface area contributed by atoms with Crippen LogP contribution in [0.15, 0.2) is 53.4 Å². The Labute approximate surface area is 113 Å². The molecule has 19 heavy (non-hydrogen) atoms. The molecule has 0 fully saturated rings. The number of carbonyl (C=O) groups excluding carboxylic acids is 1.